The molecule has 0 radical (unpaired) electrons. The van der Waals surface area contributed by atoms with Gasteiger partial charge in [-0.1, -0.05) is 23.7 Å². The summed E-state index contributed by atoms with van der Waals surface area (Å²) in [6, 6.07) is 20.2. The molecule has 1 aliphatic heterocycles. The molecular weight excluding hydrogens is 442 g/mol. The molecule has 0 aromatic heterocycles. The Morgan fingerprint density at radius 2 is 1.67 bits per heavy atom. The fourth-order valence-corrected chi connectivity index (χ4v) is 3.64. The normalized spacial score (nSPS) is 15.4. The number of urea groups is 1. The minimum Gasteiger partial charge on any atom is -0.497 e. The van der Waals surface area contributed by atoms with E-state index in [0.29, 0.717) is 44.8 Å². The van der Waals surface area contributed by atoms with E-state index in [1.165, 1.54) is 0 Å². The van der Waals surface area contributed by atoms with Crippen LogP contribution in [0.3, 0.4) is 0 Å². The highest BCUT2D eigenvalue weighted by Crippen LogP contribution is 2.31. The Kier molecular flexibility index (Phi) is 6.51. The van der Waals surface area contributed by atoms with Crippen LogP contribution in [0.5, 0.6) is 17.2 Å². The number of halogens is 1. The fourth-order valence-electron chi connectivity index (χ4n) is 3.51. The number of anilines is 1. The monoisotopic (exact) mass is 463 g/mol. The van der Waals surface area contributed by atoms with Crippen LogP contribution >= 0.6 is 11.6 Å². The molecule has 8 heteroatoms. The summed E-state index contributed by atoms with van der Waals surface area (Å²) in [5.41, 5.74) is 2.18. The van der Waals surface area contributed by atoms with Gasteiger partial charge < -0.3 is 25.4 Å². The van der Waals surface area contributed by atoms with E-state index < -0.39 is 6.04 Å². The zero-order valence-corrected chi connectivity index (χ0v) is 18.8. The van der Waals surface area contributed by atoms with Crippen molar-refractivity contribution in [2.24, 2.45) is 0 Å². The lowest BCUT2D eigenvalue weighted by Crippen LogP contribution is -2.45. The number of amides is 3. The molecule has 0 aliphatic carbocycles. The zero-order valence-electron chi connectivity index (χ0n) is 18.0. The van der Waals surface area contributed by atoms with Crippen molar-refractivity contribution >= 4 is 29.2 Å². The SMILES string of the molecule is COc1ccc(NC(=O)C2=C(C)NC(=O)N[C@H]2c2cccc(Oc3ccc(Cl)cc3)c2)cc1. The molecule has 7 nitrogen and oxygen atoms in total. The Balaban J connectivity index is 1.60. The largest absolute Gasteiger partial charge is 0.497 e. The van der Waals surface area contributed by atoms with Gasteiger partial charge in [-0.25, -0.2) is 4.79 Å². The number of allylic oxidation sites excluding steroid dienone is 1. The standard InChI is InChI=1S/C25H22ClN3O4/c1-15-22(24(30)28-18-8-12-19(32-2)13-9-18)23(29-25(31)27-15)16-4-3-5-21(14-16)33-20-10-6-17(26)7-11-20/h3-14,23H,1-2H3,(H,28,30)(H2,27,29,31)/t23-/m0/s1. The maximum atomic E-state index is 13.2. The van der Waals surface area contributed by atoms with Crippen LogP contribution in [0.15, 0.2) is 84.1 Å². The summed E-state index contributed by atoms with van der Waals surface area (Å²) in [7, 11) is 1.58. The van der Waals surface area contributed by atoms with Gasteiger partial charge in [-0.05, 0) is 73.2 Å². The van der Waals surface area contributed by atoms with Gasteiger partial charge in [-0.2, -0.15) is 0 Å². The van der Waals surface area contributed by atoms with E-state index in [1.807, 2.05) is 12.1 Å². The van der Waals surface area contributed by atoms with Gasteiger partial charge >= 0.3 is 6.03 Å². The fraction of sp³-hybridized carbons (Fsp3) is 0.120. The number of rotatable bonds is 6. The van der Waals surface area contributed by atoms with E-state index >= 15 is 0 Å². The number of benzene rings is 3. The van der Waals surface area contributed by atoms with Crippen LogP contribution in [-0.4, -0.2) is 19.0 Å². The van der Waals surface area contributed by atoms with Gasteiger partial charge in [0.25, 0.3) is 5.91 Å². The maximum absolute atomic E-state index is 13.2. The van der Waals surface area contributed by atoms with Gasteiger partial charge in [-0.15, -0.1) is 0 Å². The predicted octanol–water partition coefficient (Wildman–Crippen LogP) is 5.41. The van der Waals surface area contributed by atoms with Crippen LogP contribution in [0.25, 0.3) is 0 Å². The maximum Gasteiger partial charge on any atom is 0.319 e. The third-order valence-electron chi connectivity index (χ3n) is 5.10. The average Bonchev–Trinajstić information content (AvgIpc) is 2.80. The lowest BCUT2D eigenvalue weighted by molar-refractivity contribution is -0.113. The molecule has 0 bridgehead atoms. The highest BCUT2D eigenvalue weighted by atomic mass is 35.5. The van der Waals surface area contributed by atoms with Crippen molar-refractivity contribution in [2.45, 2.75) is 13.0 Å². The molecule has 3 amide bonds. The van der Waals surface area contributed by atoms with Gasteiger partial charge in [0.15, 0.2) is 0 Å². The first-order chi connectivity index (χ1) is 15.9. The third kappa shape index (κ3) is 5.27. The summed E-state index contributed by atoms with van der Waals surface area (Å²) in [4.78, 5) is 25.4. The summed E-state index contributed by atoms with van der Waals surface area (Å²) in [6.07, 6.45) is 0. The minimum absolute atomic E-state index is 0.334. The summed E-state index contributed by atoms with van der Waals surface area (Å²) in [5, 5.41) is 9.01. The van der Waals surface area contributed by atoms with Gasteiger partial charge in [0.1, 0.15) is 17.2 Å². The van der Waals surface area contributed by atoms with Crippen LogP contribution in [-0.2, 0) is 4.79 Å². The molecule has 0 fully saturated rings. The molecule has 0 unspecified atom stereocenters. The number of nitrogens with one attached hydrogen (secondary N) is 3. The topological polar surface area (TPSA) is 88.7 Å². The zero-order chi connectivity index (χ0) is 23.4. The van der Waals surface area contributed by atoms with Crippen LogP contribution in [0.1, 0.15) is 18.5 Å². The second-order valence-electron chi connectivity index (χ2n) is 7.38. The number of hydrogen-bond acceptors (Lipinski definition) is 4. The van der Waals surface area contributed by atoms with Crippen molar-refractivity contribution in [2.75, 3.05) is 12.4 Å². The van der Waals surface area contributed by atoms with E-state index in [2.05, 4.69) is 16.0 Å². The van der Waals surface area contributed by atoms with Gasteiger partial charge in [0.05, 0.1) is 18.7 Å². The second-order valence-corrected chi connectivity index (χ2v) is 7.82. The lowest BCUT2D eigenvalue weighted by Gasteiger charge is -2.29. The highest BCUT2D eigenvalue weighted by molar-refractivity contribution is 6.30. The summed E-state index contributed by atoms with van der Waals surface area (Å²) in [5.74, 6) is 1.54. The minimum atomic E-state index is -0.661. The van der Waals surface area contributed by atoms with E-state index in [4.69, 9.17) is 21.1 Å². The van der Waals surface area contributed by atoms with Crippen molar-refractivity contribution in [1.29, 1.82) is 0 Å². The first-order valence-corrected chi connectivity index (χ1v) is 10.6. The quantitative estimate of drug-likeness (QED) is 0.456. The van der Waals surface area contributed by atoms with Gasteiger partial charge in [-0.3, -0.25) is 4.79 Å². The Morgan fingerprint density at radius 1 is 0.970 bits per heavy atom. The molecule has 1 atom stereocenters. The Bertz CT molecular complexity index is 1210. The third-order valence-corrected chi connectivity index (χ3v) is 5.35. The number of ether oxygens (including phenoxy) is 2. The summed E-state index contributed by atoms with van der Waals surface area (Å²) >= 11 is 5.94. The van der Waals surface area contributed by atoms with Gasteiger partial charge in [0, 0.05) is 16.4 Å². The average molecular weight is 464 g/mol. The Morgan fingerprint density at radius 3 is 2.36 bits per heavy atom. The molecule has 4 rings (SSSR count). The van der Waals surface area contributed by atoms with E-state index in [9.17, 15) is 9.59 Å². The molecule has 3 aromatic carbocycles. The first kappa shape index (κ1) is 22.2. The number of carbonyl (C=O) groups is 2. The van der Waals surface area contributed by atoms with Crippen LogP contribution in [0.2, 0.25) is 5.02 Å². The van der Waals surface area contributed by atoms with Crippen molar-refractivity contribution < 1.29 is 19.1 Å². The van der Waals surface area contributed by atoms with Crippen molar-refractivity contribution in [3.63, 3.8) is 0 Å². The molecule has 0 saturated heterocycles. The van der Waals surface area contributed by atoms with Crippen LogP contribution in [0, 0.1) is 0 Å². The summed E-state index contributed by atoms with van der Waals surface area (Å²) < 4.78 is 11.1. The van der Waals surface area contributed by atoms with Crippen molar-refractivity contribution in [3.8, 4) is 17.2 Å². The molecule has 1 heterocycles. The second kappa shape index (κ2) is 9.67. The number of hydrogen-bond donors (Lipinski definition) is 3. The van der Waals surface area contributed by atoms with Crippen LogP contribution < -0.4 is 25.4 Å². The van der Waals surface area contributed by atoms with E-state index in [1.54, 1.807) is 74.7 Å². The molecule has 0 saturated carbocycles. The summed E-state index contributed by atoms with van der Waals surface area (Å²) in [6.45, 7) is 1.70. The lowest BCUT2D eigenvalue weighted by atomic mass is 9.94. The van der Waals surface area contributed by atoms with Crippen molar-refractivity contribution in [1.82, 2.24) is 10.6 Å². The van der Waals surface area contributed by atoms with Gasteiger partial charge in [0.2, 0.25) is 0 Å². The predicted molar refractivity (Wildman–Crippen MR) is 127 cm³/mol. The molecule has 168 valence electrons. The smallest absolute Gasteiger partial charge is 0.319 e. The molecule has 3 aromatic rings. The molecule has 0 spiro atoms. The molecule has 33 heavy (non-hydrogen) atoms. The van der Waals surface area contributed by atoms with Crippen molar-refractivity contribution in [3.05, 3.63) is 94.7 Å². The first-order valence-electron chi connectivity index (χ1n) is 10.2. The molecule has 3 N–H and O–H groups in total. The number of carbonyl (C=O) groups excluding carboxylic acids is 2. The van der Waals surface area contributed by atoms with Crippen LogP contribution in [0.4, 0.5) is 10.5 Å². The molecule has 1 aliphatic rings. The van der Waals surface area contributed by atoms with E-state index in [-0.39, 0.29) is 11.9 Å². The molecular formula is C25H22ClN3O4. The Labute approximate surface area is 196 Å². The van der Waals surface area contributed by atoms with E-state index in [0.717, 1.165) is 0 Å². The Hall–Kier alpha value is -3.97. The number of methoxy groups -OCH3 is 1. The highest BCUT2D eigenvalue weighted by Gasteiger charge is 2.31.